The molecule has 0 aliphatic carbocycles. The summed E-state index contributed by atoms with van der Waals surface area (Å²) in [6.07, 6.45) is 0. The maximum Gasteiger partial charge on any atom is 0.134 e. The number of hydrogen-bond donors (Lipinski definition) is 0. The highest BCUT2D eigenvalue weighted by Crippen LogP contribution is 2.34. The normalized spacial score (nSPS) is 10.6. The van der Waals surface area contributed by atoms with Crippen LogP contribution in [0.25, 0.3) is 11.1 Å². The maximum absolute atomic E-state index is 13.7. The first-order valence-electron chi connectivity index (χ1n) is 4.82. The van der Waals surface area contributed by atoms with E-state index in [1.807, 2.05) is 0 Å². The van der Waals surface area contributed by atoms with Crippen molar-refractivity contribution in [2.75, 3.05) is 0 Å². The highest BCUT2D eigenvalue weighted by atomic mass is 35.5. The molecule has 0 aromatic heterocycles. The van der Waals surface area contributed by atoms with E-state index < -0.39 is 23.0 Å². The Bertz CT molecular complexity index is 536. The van der Waals surface area contributed by atoms with E-state index in [4.69, 9.17) is 11.6 Å². The van der Waals surface area contributed by atoms with Gasteiger partial charge in [-0.15, -0.1) is 0 Å². The lowest BCUT2D eigenvalue weighted by Gasteiger charge is -2.09. The highest BCUT2D eigenvalue weighted by Gasteiger charge is 2.18. The monoisotopic (exact) mass is 255 g/mol. The Labute approximate surface area is 102 Å². The van der Waals surface area contributed by atoms with Crippen molar-refractivity contribution in [2.24, 2.45) is 0 Å². The fourth-order valence-corrected chi connectivity index (χ4v) is 1.87. The predicted octanol–water partition coefficient (Wildman–Crippen LogP) is 4.53. The predicted molar refractivity (Wildman–Crippen MR) is 60.3 cm³/mol. The van der Waals surface area contributed by atoms with E-state index >= 15 is 0 Å². The van der Waals surface area contributed by atoms with Gasteiger partial charge in [-0.05, 0) is 42.8 Å². The van der Waals surface area contributed by atoms with Crippen molar-refractivity contribution in [2.45, 2.75) is 6.92 Å². The lowest BCUT2D eigenvalue weighted by Crippen LogP contribution is -1.95. The van der Waals surface area contributed by atoms with Gasteiger partial charge in [-0.2, -0.15) is 0 Å². The van der Waals surface area contributed by atoms with Crippen LogP contribution >= 0.6 is 11.6 Å². The van der Waals surface area contributed by atoms with Gasteiger partial charge in [0.05, 0.1) is 10.6 Å². The molecule has 0 aliphatic heterocycles. The number of halogens is 4. The van der Waals surface area contributed by atoms with Crippen LogP contribution in [0.2, 0.25) is 5.02 Å². The summed E-state index contributed by atoms with van der Waals surface area (Å²) >= 11 is 5.74. The van der Waals surface area contributed by atoms with Crippen LogP contribution < -0.4 is 0 Å². The Hall–Kier alpha value is -1.48. The summed E-state index contributed by atoms with van der Waals surface area (Å²) in [4.78, 5) is 0. The van der Waals surface area contributed by atoms with Gasteiger partial charge in [-0.1, -0.05) is 11.6 Å². The Morgan fingerprint density at radius 1 is 0.941 bits per heavy atom. The maximum atomic E-state index is 13.7. The molecule has 0 nitrogen and oxygen atoms in total. The third-order valence-corrected chi connectivity index (χ3v) is 2.63. The average Bonchev–Trinajstić information content (AvgIpc) is 2.21. The van der Waals surface area contributed by atoms with Gasteiger partial charge in [0.25, 0.3) is 0 Å². The van der Waals surface area contributed by atoms with Gasteiger partial charge in [0, 0.05) is 5.56 Å². The molecular weight excluding hydrogens is 249 g/mol. The van der Waals surface area contributed by atoms with Gasteiger partial charge in [0.15, 0.2) is 0 Å². The molecule has 17 heavy (non-hydrogen) atoms. The minimum atomic E-state index is -0.838. The molecule has 4 heteroatoms. The Morgan fingerprint density at radius 2 is 1.53 bits per heavy atom. The summed E-state index contributed by atoms with van der Waals surface area (Å²) in [6, 6.07) is 6.95. The van der Waals surface area contributed by atoms with Crippen LogP contribution in [0.5, 0.6) is 0 Å². The zero-order chi connectivity index (χ0) is 12.6. The molecule has 0 heterocycles. The van der Waals surface area contributed by atoms with E-state index in [0.717, 1.165) is 18.2 Å². The van der Waals surface area contributed by atoms with Gasteiger partial charge in [0.1, 0.15) is 17.5 Å². The fourth-order valence-electron chi connectivity index (χ4n) is 1.62. The second kappa shape index (κ2) is 4.41. The lowest BCUT2D eigenvalue weighted by atomic mass is 10.0. The molecule has 2 rings (SSSR count). The molecule has 0 saturated carbocycles. The van der Waals surface area contributed by atoms with Gasteiger partial charge in [-0.25, -0.2) is 13.2 Å². The molecule has 0 aliphatic rings. The van der Waals surface area contributed by atoms with Crippen LogP contribution in [-0.4, -0.2) is 0 Å². The molecule has 0 fully saturated rings. The van der Waals surface area contributed by atoms with E-state index in [1.165, 1.54) is 6.07 Å². The summed E-state index contributed by atoms with van der Waals surface area (Å²) in [6.45, 7) is 1.55. The third-order valence-electron chi connectivity index (χ3n) is 2.33. The van der Waals surface area contributed by atoms with Gasteiger partial charge < -0.3 is 0 Å². The number of hydrogen-bond acceptors (Lipinski definition) is 0. The zero-order valence-corrected chi connectivity index (χ0v) is 9.58. The first-order chi connectivity index (χ1) is 8.00. The molecule has 0 amide bonds. The first-order valence-corrected chi connectivity index (χ1v) is 5.19. The highest BCUT2D eigenvalue weighted by molar-refractivity contribution is 6.33. The van der Waals surface area contributed by atoms with Crippen LogP contribution in [0.4, 0.5) is 13.2 Å². The summed E-state index contributed by atoms with van der Waals surface area (Å²) in [7, 11) is 0. The van der Waals surface area contributed by atoms with Crippen LogP contribution in [0, 0.1) is 30.4 Å². The van der Waals surface area contributed by atoms with Crippen LogP contribution in [0.15, 0.2) is 24.3 Å². The molecule has 0 saturated heterocycles. The molecule has 2 aromatic rings. The lowest BCUT2D eigenvalue weighted by molar-refractivity contribution is 0.580. The molecule has 0 bridgehead atoms. The summed E-state index contributed by atoms with van der Waals surface area (Å²) in [5.41, 5.74) is -0.310. The number of benzene rings is 2. The smallest absolute Gasteiger partial charge is 0.134 e. The van der Waals surface area contributed by atoms with Crippen molar-refractivity contribution in [1.29, 1.82) is 0 Å². The second-order valence-corrected chi connectivity index (χ2v) is 4.04. The van der Waals surface area contributed by atoms with Gasteiger partial charge in [0.2, 0.25) is 0 Å². The fraction of sp³-hybridized carbons (Fsp3) is 0.0769. The van der Waals surface area contributed by atoms with Crippen molar-refractivity contribution >= 4 is 11.6 Å². The quantitative estimate of drug-likeness (QED) is 0.702. The Morgan fingerprint density at radius 3 is 2.06 bits per heavy atom. The topological polar surface area (TPSA) is 0 Å². The van der Waals surface area contributed by atoms with E-state index in [2.05, 4.69) is 6.07 Å². The number of aryl methyl sites for hydroxylation is 1. The van der Waals surface area contributed by atoms with E-state index in [9.17, 15) is 13.2 Å². The van der Waals surface area contributed by atoms with E-state index in [-0.39, 0.29) is 10.6 Å². The molecule has 0 atom stereocenters. The summed E-state index contributed by atoms with van der Waals surface area (Å²) < 4.78 is 40.9. The van der Waals surface area contributed by atoms with Crippen molar-refractivity contribution in [1.82, 2.24) is 0 Å². The standard InChI is InChI=1S/C13H7ClF3/c1-7-5-10(16)13(11(17)6-7)12-8(14)3-2-4-9(12)15/h3-6H,1H3. The summed E-state index contributed by atoms with van der Waals surface area (Å²) in [5.74, 6) is -2.48. The van der Waals surface area contributed by atoms with Crippen molar-refractivity contribution < 1.29 is 13.2 Å². The van der Waals surface area contributed by atoms with Gasteiger partial charge in [-0.3, -0.25) is 0 Å². The molecule has 1 radical (unpaired) electrons. The Balaban J connectivity index is 2.77. The molecule has 0 N–H and O–H groups in total. The largest absolute Gasteiger partial charge is 0.206 e. The molecule has 2 aromatic carbocycles. The minimum Gasteiger partial charge on any atom is -0.206 e. The third kappa shape index (κ3) is 2.15. The SMILES string of the molecule is Cc1cc(F)c(-c2c(F)c[c]cc2Cl)c(F)c1. The molecule has 87 valence electrons. The van der Waals surface area contributed by atoms with Crippen molar-refractivity contribution in [3.8, 4) is 11.1 Å². The van der Waals surface area contributed by atoms with Crippen LogP contribution in [0.1, 0.15) is 5.56 Å². The molecule has 0 unspecified atom stereocenters. The average molecular weight is 256 g/mol. The molecule has 0 spiro atoms. The summed E-state index contributed by atoms with van der Waals surface area (Å²) in [5, 5.41) is -0.0772. The van der Waals surface area contributed by atoms with E-state index in [1.54, 1.807) is 6.92 Å². The van der Waals surface area contributed by atoms with Crippen molar-refractivity contribution in [3.05, 3.63) is 58.4 Å². The molecular formula is C13H7ClF3. The van der Waals surface area contributed by atoms with Crippen LogP contribution in [0.3, 0.4) is 0 Å². The Kier molecular flexibility index (Phi) is 3.11. The first kappa shape index (κ1) is 12.0. The van der Waals surface area contributed by atoms with Crippen molar-refractivity contribution in [3.63, 3.8) is 0 Å². The van der Waals surface area contributed by atoms with E-state index in [0.29, 0.717) is 5.56 Å². The second-order valence-electron chi connectivity index (χ2n) is 3.63. The van der Waals surface area contributed by atoms with Crippen LogP contribution in [-0.2, 0) is 0 Å². The number of rotatable bonds is 1. The zero-order valence-electron chi connectivity index (χ0n) is 8.82. The van der Waals surface area contributed by atoms with Gasteiger partial charge >= 0.3 is 0 Å². The minimum absolute atomic E-state index is 0.0772.